The van der Waals surface area contributed by atoms with Crippen molar-refractivity contribution in [1.82, 2.24) is 4.98 Å². The zero-order valence-corrected chi connectivity index (χ0v) is 12.7. The Bertz CT molecular complexity index is 1040. The third-order valence-electron chi connectivity index (χ3n) is 3.92. The van der Waals surface area contributed by atoms with Gasteiger partial charge in [-0.15, -0.1) is 0 Å². The van der Waals surface area contributed by atoms with Gasteiger partial charge in [0.2, 0.25) is 9.84 Å². The van der Waals surface area contributed by atoms with Gasteiger partial charge in [-0.2, -0.15) is 0 Å². The van der Waals surface area contributed by atoms with Gasteiger partial charge in [-0.3, -0.25) is 9.78 Å². The molecule has 3 aromatic rings. The van der Waals surface area contributed by atoms with Crippen molar-refractivity contribution in [3.63, 3.8) is 0 Å². The summed E-state index contributed by atoms with van der Waals surface area (Å²) in [4.78, 5) is 17.0. The maximum Gasteiger partial charge on any atom is 0.207 e. The minimum atomic E-state index is -3.50. The van der Waals surface area contributed by atoms with Crippen LogP contribution in [0.1, 0.15) is 15.9 Å². The highest BCUT2D eigenvalue weighted by atomic mass is 32.2. The van der Waals surface area contributed by atoms with Crippen molar-refractivity contribution in [1.29, 1.82) is 0 Å². The molecule has 0 saturated heterocycles. The molecule has 0 atom stereocenters. The Balaban J connectivity index is 1.90. The molecule has 4 nitrogen and oxygen atoms in total. The summed E-state index contributed by atoms with van der Waals surface area (Å²) in [5, 5.41) is 0. The molecule has 1 aliphatic heterocycles. The molecule has 0 bridgehead atoms. The topological polar surface area (TPSA) is 64.1 Å². The van der Waals surface area contributed by atoms with Crippen LogP contribution in [0.3, 0.4) is 0 Å². The molecule has 2 heterocycles. The molecule has 0 N–H and O–H groups in total. The average Bonchev–Trinajstić information content (AvgIpc) is 2.83. The Morgan fingerprint density at radius 2 is 1.61 bits per heavy atom. The van der Waals surface area contributed by atoms with Gasteiger partial charge < -0.3 is 0 Å². The monoisotopic (exact) mass is 321 g/mol. The zero-order valence-electron chi connectivity index (χ0n) is 11.9. The largest absolute Gasteiger partial charge is 0.289 e. The SMILES string of the molecule is O=C(c1cccnc1)c1ccc2c(c1)-c1ccccc1S2(=O)=O. The van der Waals surface area contributed by atoms with E-state index in [9.17, 15) is 13.2 Å². The van der Waals surface area contributed by atoms with Crippen molar-refractivity contribution in [2.45, 2.75) is 9.79 Å². The number of aromatic nitrogens is 1. The van der Waals surface area contributed by atoms with Crippen LogP contribution in [-0.2, 0) is 9.84 Å². The lowest BCUT2D eigenvalue weighted by Crippen LogP contribution is -2.02. The Hall–Kier alpha value is -2.79. The summed E-state index contributed by atoms with van der Waals surface area (Å²) in [6, 6.07) is 14.9. The first-order valence-corrected chi connectivity index (χ1v) is 8.50. The van der Waals surface area contributed by atoms with Crippen molar-refractivity contribution in [3.05, 3.63) is 78.1 Å². The molecule has 2 aromatic carbocycles. The van der Waals surface area contributed by atoms with Gasteiger partial charge in [0.15, 0.2) is 5.78 Å². The van der Waals surface area contributed by atoms with Crippen LogP contribution >= 0.6 is 0 Å². The number of hydrogen-bond donors (Lipinski definition) is 0. The van der Waals surface area contributed by atoms with E-state index in [1.165, 1.54) is 12.3 Å². The highest BCUT2D eigenvalue weighted by molar-refractivity contribution is 7.92. The summed E-state index contributed by atoms with van der Waals surface area (Å²) >= 11 is 0. The second kappa shape index (κ2) is 4.86. The Kier molecular flexibility index (Phi) is 2.92. The lowest BCUT2D eigenvalue weighted by Gasteiger charge is -2.04. The van der Waals surface area contributed by atoms with E-state index < -0.39 is 9.84 Å². The fourth-order valence-electron chi connectivity index (χ4n) is 2.82. The molecule has 1 aliphatic rings. The zero-order chi connectivity index (χ0) is 16.0. The molecule has 0 aliphatic carbocycles. The van der Waals surface area contributed by atoms with Crippen molar-refractivity contribution < 1.29 is 13.2 Å². The van der Waals surface area contributed by atoms with Gasteiger partial charge >= 0.3 is 0 Å². The van der Waals surface area contributed by atoms with Crippen molar-refractivity contribution >= 4 is 15.6 Å². The number of ketones is 1. The second-order valence-corrected chi connectivity index (χ2v) is 7.17. The number of pyridine rings is 1. The van der Waals surface area contributed by atoms with E-state index in [0.717, 1.165) is 0 Å². The highest BCUT2D eigenvalue weighted by Crippen LogP contribution is 2.43. The summed E-state index contributed by atoms with van der Waals surface area (Å²) in [5.41, 5.74) is 2.14. The molecule has 1 aromatic heterocycles. The van der Waals surface area contributed by atoms with Crippen LogP contribution in [0.15, 0.2) is 76.8 Å². The van der Waals surface area contributed by atoms with E-state index in [2.05, 4.69) is 4.98 Å². The number of carbonyl (C=O) groups excluding carboxylic acids is 1. The van der Waals surface area contributed by atoms with E-state index in [1.54, 1.807) is 54.7 Å². The highest BCUT2D eigenvalue weighted by Gasteiger charge is 2.32. The van der Waals surface area contributed by atoms with Crippen molar-refractivity contribution in [2.24, 2.45) is 0 Å². The van der Waals surface area contributed by atoms with E-state index in [1.807, 2.05) is 0 Å². The molecule has 23 heavy (non-hydrogen) atoms. The van der Waals surface area contributed by atoms with Crippen LogP contribution in [0.5, 0.6) is 0 Å². The fraction of sp³-hybridized carbons (Fsp3) is 0. The van der Waals surface area contributed by atoms with Crippen LogP contribution in [0.2, 0.25) is 0 Å². The summed E-state index contributed by atoms with van der Waals surface area (Å²) in [6.45, 7) is 0. The minimum absolute atomic E-state index is 0.178. The van der Waals surface area contributed by atoms with Gasteiger partial charge in [-0.1, -0.05) is 18.2 Å². The standard InChI is InChI=1S/C18H11NO3S/c20-18(13-4-3-9-19-11-13)12-7-8-17-15(10-12)14-5-1-2-6-16(14)23(17,21)22/h1-11H. The maximum atomic E-state index is 12.5. The fourth-order valence-corrected chi connectivity index (χ4v) is 4.49. The van der Waals surface area contributed by atoms with Gasteiger partial charge in [0.05, 0.1) is 9.79 Å². The third-order valence-corrected chi connectivity index (χ3v) is 5.79. The number of carbonyl (C=O) groups is 1. The molecule has 0 spiro atoms. The molecular weight excluding hydrogens is 310 g/mol. The van der Waals surface area contributed by atoms with Gasteiger partial charge in [0.1, 0.15) is 0 Å². The Labute approximate surface area is 133 Å². The number of fused-ring (bicyclic) bond motifs is 3. The van der Waals surface area contributed by atoms with E-state index in [4.69, 9.17) is 0 Å². The molecule has 0 unspecified atom stereocenters. The molecule has 5 heteroatoms. The van der Waals surface area contributed by atoms with Gasteiger partial charge in [0.25, 0.3) is 0 Å². The van der Waals surface area contributed by atoms with Crippen molar-refractivity contribution in [3.8, 4) is 11.1 Å². The van der Waals surface area contributed by atoms with Gasteiger partial charge in [0, 0.05) is 34.6 Å². The molecule has 0 saturated carbocycles. The first-order chi connectivity index (χ1) is 11.1. The normalized spacial score (nSPS) is 14.1. The van der Waals surface area contributed by atoms with Gasteiger partial charge in [-0.05, 0) is 36.4 Å². The summed E-state index contributed by atoms with van der Waals surface area (Å²) in [5.74, 6) is -0.178. The number of rotatable bonds is 2. The van der Waals surface area contributed by atoms with Crippen LogP contribution in [0.25, 0.3) is 11.1 Å². The maximum absolute atomic E-state index is 12.5. The minimum Gasteiger partial charge on any atom is -0.289 e. The van der Waals surface area contributed by atoms with Crippen LogP contribution < -0.4 is 0 Å². The first kappa shape index (κ1) is 13.8. The average molecular weight is 321 g/mol. The molecule has 0 radical (unpaired) electrons. The summed E-state index contributed by atoms with van der Waals surface area (Å²) < 4.78 is 25.1. The molecule has 0 amide bonds. The summed E-state index contributed by atoms with van der Waals surface area (Å²) in [6.07, 6.45) is 3.10. The number of hydrogen-bond acceptors (Lipinski definition) is 4. The van der Waals surface area contributed by atoms with Crippen molar-refractivity contribution in [2.75, 3.05) is 0 Å². The third kappa shape index (κ3) is 2.01. The lowest BCUT2D eigenvalue weighted by molar-refractivity contribution is 0.103. The lowest BCUT2D eigenvalue weighted by atomic mass is 9.99. The first-order valence-electron chi connectivity index (χ1n) is 7.02. The van der Waals surface area contributed by atoms with Gasteiger partial charge in [-0.25, -0.2) is 8.42 Å². The van der Waals surface area contributed by atoms with E-state index >= 15 is 0 Å². The smallest absolute Gasteiger partial charge is 0.207 e. The molecule has 0 fully saturated rings. The predicted octanol–water partition coefficient (Wildman–Crippen LogP) is 3.13. The van der Waals surface area contributed by atoms with E-state index in [0.29, 0.717) is 27.1 Å². The number of nitrogens with zero attached hydrogens (tertiary/aromatic N) is 1. The quantitative estimate of drug-likeness (QED) is 0.532. The van der Waals surface area contributed by atoms with Crippen LogP contribution in [0.4, 0.5) is 0 Å². The van der Waals surface area contributed by atoms with Crippen LogP contribution in [0, 0.1) is 0 Å². The second-order valence-electron chi connectivity index (χ2n) is 5.28. The summed E-state index contributed by atoms with van der Waals surface area (Å²) in [7, 11) is -3.50. The molecular formula is C18H11NO3S. The number of benzene rings is 2. The molecule has 4 rings (SSSR count). The van der Waals surface area contributed by atoms with E-state index in [-0.39, 0.29) is 10.7 Å². The predicted molar refractivity (Wildman–Crippen MR) is 85.0 cm³/mol. The van der Waals surface area contributed by atoms with Crippen LogP contribution in [-0.4, -0.2) is 19.2 Å². The Morgan fingerprint density at radius 1 is 0.826 bits per heavy atom. The molecule has 112 valence electrons. The number of sulfone groups is 1. The Morgan fingerprint density at radius 3 is 2.39 bits per heavy atom.